The number of benzene rings is 1. The predicted molar refractivity (Wildman–Crippen MR) is 42.3 cm³/mol. The summed E-state index contributed by atoms with van der Waals surface area (Å²) >= 11 is 0. The molecule has 0 aliphatic carbocycles. The molecule has 1 aromatic rings. The van der Waals surface area contributed by atoms with Crippen LogP contribution in [0, 0.1) is 0 Å². The first-order chi connectivity index (χ1) is 4.88. The molecule has 2 rings (SSSR count). The molecule has 0 N–H and O–H groups in total. The Morgan fingerprint density at radius 2 is 2.00 bits per heavy atom. The molecule has 0 saturated heterocycles. The third-order valence-corrected chi connectivity index (χ3v) is 1.60. The van der Waals surface area contributed by atoms with Crippen LogP contribution in [0.5, 0.6) is 0 Å². The highest BCUT2D eigenvalue weighted by Gasteiger charge is 2.18. The molecule has 2 heteroatoms. The van der Waals surface area contributed by atoms with E-state index in [0.29, 0.717) is 12.2 Å². The van der Waals surface area contributed by atoms with E-state index in [2.05, 4.69) is 0 Å². The zero-order chi connectivity index (χ0) is 6.97. The van der Waals surface area contributed by atoms with Crippen LogP contribution < -0.4 is 0 Å². The Morgan fingerprint density at radius 3 is 2.73 bits per heavy atom. The molecule has 1 aromatic carbocycles. The van der Waals surface area contributed by atoms with Gasteiger partial charge in [0.2, 0.25) is 0 Å². The molecule has 0 saturated carbocycles. The number of cyclic esters (lactones) is 1. The Kier molecular flexibility index (Phi) is 1.94. The van der Waals surface area contributed by atoms with Crippen molar-refractivity contribution in [1.29, 1.82) is 0 Å². The number of carbonyl (C=O) groups is 1. The Bertz CT molecular complexity index is 279. The SMILES string of the molecule is C.O=C1OCc2ccccc21. The van der Waals surface area contributed by atoms with E-state index >= 15 is 0 Å². The fourth-order valence-electron chi connectivity index (χ4n) is 1.07. The first-order valence-corrected chi connectivity index (χ1v) is 3.13. The normalized spacial score (nSPS) is 13.3. The average Bonchev–Trinajstić information content (AvgIpc) is 2.34. The van der Waals surface area contributed by atoms with Gasteiger partial charge in [0.1, 0.15) is 6.61 Å². The van der Waals surface area contributed by atoms with Gasteiger partial charge >= 0.3 is 5.97 Å². The first-order valence-electron chi connectivity index (χ1n) is 3.13. The topological polar surface area (TPSA) is 26.3 Å². The van der Waals surface area contributed by atoms with Crippen molar-refractivity contribution in [2.24, 2.45) is 0 Å². The van der Waals surface area contributed by atoms with E-state index in [0.717, 1.165) is 5.56 Å². The van der Waals surface area contributed by atoms with E-state index in [-0.39, 0.29) is 13.4 Å². The number of carbonyl (C=O) groups excluding carboxylic acids is 1. The second-order valence-electron chi connectivity index (χ2n) is 2.23. The molecule has 0 unspecified atom stereocenters. The first kappa shape index (κ1) is 7.79. The van der Waals surface area contributed by atoms with Gasteiger partial charge in [-0.2, -0.15) is 0 Å². The maximum atomic E-state index is 10.8. The number of hydrogen-bond acceptors (Lipinski definition) is 2. The summed E-state index contributed by atoms with van der Waals surface area (Å²) in [7, 11) is 0. The Balaban J connectivity index is 0.000000605. The van der Waals surface area contributed by atoms with Crippen molar-refractivity contribution in [3.63, 3.8) is 0 Å². The van der Waals surface area contributed by atoms with Crippen LogP contribution >= 0.6 is 0 Å². The molecule has 2 nitrogen and oxygen atoms in total. The van der Waals surface area contributed by atoms with Crippen LogP contribution in [0.1, 0.15) is 23.3 Å². The quantitative estimate of drug-likeness (QED) is 0.529. The van der Waals surface area contributed by atoms with E-state index in [1.165, 1.54) is 0 Å². The largest absolute Gasteiger partial charge is 0.457 e. The summed E-state index contributed by atoms with van der Waals surface area (Å²) in [6, 6.07) is 7.43. The second-order valence-corrected chi connectivity index (χ2v) is 2.23. The fourth-order valence-corrected chi connectivity index (χ4v) is 1.07. The van der Waals surface area contributed by atoms with Crippen LogP contribution in [-0.2, 0) is 11.3 Å². The molecule has 0 fully saturated rings. The Morgan fingerprint density at radius 1 is 1.27 bits per heavy atom. The molecule has 0 spiro atoms. The minimum atomic E-state index is -0.199. The molecule has 1 aliphatic rings. The summed E-state index contributed by atoms with van der Waals surface area (Å²) < 4.78 is 4.78. The van der Waals surface area contributed by atoms with Gasteiger partial charge in [-0.3, -0.25) is 0 Å². The van der Waals surface area contributed by atoms with Gasteiger partial charge in [0.05, 0.1) is 5.56 Å². The van der Waals surface area contributed by atoms with Gasteiger partial charge in [-0.15, -0.1) is 0 Å². The Labute approximate surface area is 65.8 Å². The minimum Gasteiger partial charge on any atom is -0.457 e. The highest BCUT2D eigenvalue weighted by Crippen LogP contribution is 2.17. The van der Waals surface area contributed by atoms with Crippen molar-refractivity contribution in [2.45, 2.75) is 14.0 Å². The van der Waals surface area contributed by atoms with E-state index in [9.17, 15) is 4.79 Å². The molecular weight excluding hydrogens is 140 g/mol. The number of rotatable bonds is 0. The number of hydrogen-bond donors (Lipinski definition) is 0. The summed E-state index contributed by atoms with van der Waals surface area (Å²) in [5, 5.41) is 0. The highest BCUT2D eigenvalue weighted by molar-refractivity contribution is 5.93. The molecule has 0 atom stereocenters. The van der Waals surface area contributed by atoms with Gasteiger partial charge < -0.3 is 4.74 Å². The van der Waals surface area contributed by atoms with Gasteiger partial charge in [0.25, 0.3) is 0 Å². The third-order valence-electron chi connectivity index (χ3n) is 1.60. The minimum absolute atomic E-state index is 0. The van der Waals surface area contributed by atoms with Crippen LogP contribution in [0.4, 0.5) is 0 Å². The molecular formula is C9H10O2. The maximum absolute atomic E-state index is 10.8. The average molecular weight is 150 g/mol. The molecule has 0 amide bonds. The van der Waals surface area contributed by atoms with E-state index < -0.39 is 0 Å². The lowest BCUT2D eigenvalue weighted by Gasteiger charge is -1.87. The molecule has 0 aromatic heterocycles. The lowest BCUT2D eigenvalue weighted by molar-refractivity contribution is 0.0535. The number of fused-ring (bicyclic) bond motifs is 1. The monoisotopic (exact) mass is 150 g/mol. The zero-order valence-electron chi connectivity index (χ0n) is 5.33. The highest BCUT2D eigenvalue weighted by atomic mass is 16.5. The van der Waals surface area contributed by atoms with Crippen LogP contribution in [-0.4, -0.2) is 5.97 Å². The van der Waals surface area contributed by atoms with Gasteiger partial charge in [-0.1, -0.05) is 25.6 Å². The van der Waals surface area contributed by atoms with Crippen LogP contribution in [0.15, 0.2) is 24.3 Å². The van der Waals surface area contributed by atoms with E-state index in [1.807, 2.05) is 18.2 Å². The number of ether oxygens (including phenoxy) is 1. The molecule has 1 aliphatic heterocycles. The maximum Gasteiger partial charge on any atom is 0.338 e. The molecule has 0 radical (unpaired) electrons. The molecule has 0 bridgehead atoms. The summed E-state index contributed by atoms with van der Waals surface area (Å²) in [4.78, 5) is 10.8. The van der Waals surface area contributed by atoms with Crippen molar-refractivity contribution >= 4 is 5.97 Å². The smallest absolute Gasteiger partial charge is 0.338 e. The van der Waals surface area contributed by atoms with Crippen molar-refractivity contribution < 1.29 is 9.53 Å². The van der Waals surface area contributed by atoms with E-state index in [1.54, 1.807) is 6.07 Å². The van der Waals surface area contributed by atoms with Crippen molar-refractivity contribution in [1.82, 2.24) is 0 Å². The third kappa shape index (κ3) is 1.11. The van der Waals surface area contributed by atoms with Crippen molar-refractivity contribution in [3.8, 4) is 0 Å². The summed E-state index contributed by atoms with van der Waals surface area (Å²) in [6.45, 7) is 0.439. The second kappa shape index (κ2) is 2.74. The summed E-state index contributed by atoms with van der Waals surface area (Å²) in [6.07, 6.45) is 0. The lowest BCUT2D eigenvalue weighted by atomic mass is 10.1. The van der Waals surface area contributed by atoms with Gasteiger partial charge in [0.15, 0.2) is 0 Å². The standard InChI is InChI=1S/C8H6O2.CH4/c9-8-7-4-2-1-3-6(7)5-10-8;/h1-4H,5H2;1H4. The van der Waals surface area contributed by atoms with Gasteiger partial charge in [0, 0.05) is 5.56 Å². The molecule has 58 valence electrons. The van der Waals surface area contributed by atoms with Crippen molar-refractivity contribution in [3.05, 3.63) is 35.4 Å². The van der Waals surface area contributed by atoms with Crippen LogP contribution in [0.25, 0.3) is 0 Å². The summed E-state index contributed by atoms with van der Waals surface area (Å²) in [5.74, 6) is -0.199. The number of esters is 1. The summed E-state index contributed by atoms with van der Waals surface area (Å²) in [5.41, 5.74) is 1.70. The van der Waals surface area contributed by atoms with Crippen LogP contribution in [0.2, 0.25) is 0 Å². The van der Waals surface area contributed by atoms with Gasteiger partial charge in [-0.05, 0) is 6.07 Å². The van der Waals surface area contributed by atoms with Crippen LogP contribution in [0.3, 0.4) is 0 Å². The van der Waals surface area contributed by atoms with E-state index in [4.69, 9.17) is 4.74 Å². The van der Waals surface area contributed by atoms with Crippen molar-refractivity contribution in [2.75, 3.05) is 0 Å². The molecule has 11 heavy (non-hydrogen) atoms. The predicted octanol–water partition coefficient (Wildman–Crippen LogP) is 1.99. The molecule has 1 heterocycles. The Hall–Kier alpha value is -1.31. The fraction of sp³-hybridized carbons (Fsp3) is 0.222. The van der Waals surface area contributed by atoms with Gasteiger partial charge in [-0.25, -0.2) is 4.79 Å². The zero-order valence-corrected chi connectivity index (χ0v) is 5.33. The lowest BCUT2D eigenvalue weighted by Crippen LogP contribution is -1.91.